The van der Waals surface area contributed by atoms with Crippen LogP contribution in [0.4, 0.5) is 4.79 Å². The standard InChI is InChI=1S/C20H19N3O4/c24-14-9-5-12(6-10-14)15-3-1-2-4-16(15)17(25)21-11-20(13-7-8-13)18(26)22-19(27)23-20/h1-6,9-10,13,24H,7-8,11H2,(H,21,25)(H2,22,23,26,27)/t20-/m0/s1. The van der Waals surface area contributed by atoms with Crippen molar-refractivity contribution < 1.29 is 19.5 Å². The fourth-order valence-corrected chi connectivity index (χ4v) is 3.53. The van der Waals surface area contributed by atoms with Crippen molar-refractivity contribution >= 4 is 17.8 Å². The SMILES string of the molecule is O=C1NC(=O)[C@](CNC(=O)c2ccccc2-c2ccc(O)cc2)(C2CC2)N1. The third-order valence-corrected chi connectivity index (χ3v) is 5.12. The van der Waals surface area contributed by atoms with E-state index >= 15 is 0 Å². The highest BCUT2D eigenvalue weighted by Crippen LogP contribution is 2.41. The van der Waals surface area contributed by atoms with Gasteiger partial charge in [-0.05, 0) is 48.1 Å². The molecular weight excluding hydrogens is 346 g/mol. The number of carbonyl (C=O) groups excluding carboxylic acids is 3. The lowest BCUT2D eigenvalue weighted by molar-refractivity contribution is -0.124. The van der Waals surface area contributed by atoms with E-state index in [1.54, 1.807) is 36.4 Å². The maximum atomic E-state index is 12.8. The zero-order valence-corrected chi connectivity index (χ0v) is 14.5. The summed E-state index contributed by atoms with van der Waals surface area (Å²) in [4.78, 5) is 36.7. The highest BCUT2D eigenvalue weighted by atomic mass is 16.3. The molecule has 27 heavy (non-hydrogen) atoms. The third-order valence-electron chi connectivity index (χ3n) is 5.12. The zero-order chi connectivity index (χ0) is 19.0. The second-order valence-electron chi connectivity index (χ2n) is 6.93. The van der Waals surface area contributed by atoms with E-state index in [9.17, 15) is 19.5 Å². The van der Waals surface area contributed by atoms with Crippen LogP contribution in [0.25, 0.3) is 11.1 Å². The van der Waals surface area contributed by atoms with Crippen LogP contribution in [0, 0.1) is 5.92 Å². The fourth-order valence-electron chi connectivity index (χ4n) is 3.53. The fraction of sp³-hybridized carbons (Fsp3) is 0.250. The molecule has 2 aliphatic rings. The van der Waals surface area contributed by atoms with E-state index in [1.807, 2.05) is 12.1 Å². The monoisotopic (exact) mass is 365 g/mol. The Hall–Kier alpha value is -3.35. The Balaban J connectivity index is 1.56. The van der Waals surface area contributed by atoms with Gasteiger partial charge >= 0.3 is 6.03 Å². The largest absolute Gasteiger partial charge is 0.508 e. The minimum atomic E-state index is -1.07. The summed E-state index contributed by atoms with van der Waals surface area (Å²) in [5.41, 5.74) is 0.900. The average Bonchev–Trinajstić information content (AvgIpc) is 3.47. The predicted octanol–water partition coefficient (Wildman–Crippen LogP) is 1.78. The van der Waals surface area contributed by atoms with Gasteiger partial charge in [0, 0.05) is 5.56 Å². The summed E-state index contributed by atoms with van der Waals surface area (Å²) < 4.78 is 0. The van der Waals surface area contributed by atoms with Crippen LogP contribution in [0.1, 0.15) is 23.2 Å². The predicted molar refractivity (Wildman–Crippen MR) is 98.0 cm³/mol. The van der Waals surface area contributed by atoms with Gasteiger partial charge in [0.15, 0.2) is 0 Å². The molecule has 2 fully saturated rings. The zero-order valence-electron chi connectivity index (χ0n) is 14.5. The first-order valence-electron chi connectivity index (χ1n) is 8.80. The number of imide groups is 1. The van der Waals surface area contributed by atoms with Gasteiger partial charge in [-0.15, -0.1) is 0 Å². The van der Waals surface area contributed by atoms with E-state index in [0.29, 0.717) is 5.56 Å². The first-order chi connectivity index (χ1) is 13.0. The lowest BCUT2D eigenvalue weighted by Crippen LogP contribution is -2.57. The van der Waals surface area contributed by atoms with Crippen LogP contribution in [-0.4, -0.2) is 35.0 Å². The van der Waals surface area contributed by atoms with Crippen LogP contribution in [0.2, 0.25) is 0 Å². The maximum Gasteiger partial charge on any atom is 0.322 e. The summed E-state index contributed by atoms with van der Waals surface area (Å²) in [7, 11) is 0. The first kappa shape index (κ1) is 17.1. The summed E-state index contributed by atoms with van der Waals surface area (Å²) in [6.07, 6.45) is 1.68. The summed E-state index contributed by atoms with van der Waals surface area (Å²) in [6.45, 7) is 0.0397. The molecule has 1 saturated carbocycles. The molecule has 0 bridgehead atoms. The normalized spacial score (nSPS) is 21.5. The Labute approximate surface area is 155 Å². The number of amides is 4. The van der Waals surface area contributed by atoms with E-state index < -0.39 is 11.6 Å². The van der Waals surface area contributed by atoms with Gasteiger partial charge in [0.25, 0.3) is 11.8 Å². The molecule has 4 amide bonds. The highest BCUT2D eigenvalue weighted by Gasteiger charge is 2.56. The highest BCUT2D eigenvalue weighted by molar-refractivity contribution is 6.08. The molecule has 138 valence electrons. The molecule has 2 aromatic rings. The number of nitrogens with one attached hydrogen (secondary N) is 3. The van der Waals surface area contributed by atoms with Crippen LogP contribution < -0.4 is 16.0 Å². The number of carbonyl (C=O) groups is 3. The topological polar surface area (TPSA) is 108 Å². The first-order valence-corrected chi connectivity index (χ1v) is 8.80. The number of hydrogen-bond donors (Lipinski definition) is 4. The van der Waals surface area contributed by atoms with Crippen molar-refractivity contribution in [3.8, 4) is 16.9 Å². The van der Waals surface area contributed by atoms with Gasteiger partial charge in [-0.2, -0.15) is 0 Å². The van der Waals surface area contributed by atoms with Crippen molar-refractivity contribution in [2.45, 2.75) is 18.4 Å². The Bertz CT molecular complexity index is 921. The van der Waals surface area contributed by atoms with Gasteiger partial charge < -0.3 is 15.7 Å². The molecule has 1 atom stereocenters. The number of benzene rings is 2. The van der Waals surface area contributed by atoms with E-state index in [1.165, 1.54) is 0 Å². The molecule has 4 rings (SSSR count). The number of aromatic hydroxyl groups is 1. The number of phenolic OH excluding ortho intramolecular Hbond substituents is 1. The Morgan fingerprint density at radius 3 is 2.44 bits per heavy atom. The number of urea groups is 1. The van der Waals surface area contributed by atoms with Gasteiger partial charge in [-0.3, -0.25) is 14.9 Å². The minimum Gasteiger partial charge on any atom is -0.508 e. The molecule has 2 aromatic carbocycles. The van der Waals surface area contributed by atoms with Crippen molar-refractivity contribution in [3.63, 3.8) is 0 Å². The third kappa shape index (κ3) is 3.12. The summed E-state index contributed by atoms with van der Waals surface area (Å²) in [5.74, 6) is -0.526. The second-order valence-corrected chi connectivity index (χ2v) is 6.93. The van der Waals surface area contributed by atoms with Gasteiger partial charge in [-0.1, -0.05) is 30.3 Å². The van der Waals surface area contributed by atoms with Crippen molar-refractivity contribution in [1.82, 2.24) is 16.0 Å². The van der Waals surface area contributed by atoms with Crippen LogP contribution in [0.5, 0.6) is 5.75 Å². The number of rotatable bonds is 5. The van der Waals surface area contributed by atoms with Crippen molar-refractivity contribution in [2.75, 3.05) is 6.54 Å². The molecular formula is C20H19N3O4. The quantitative estimate of drug-likeness (QED) is 0.606. The van der Waals surface area contributed by atoms with E-state index in [0.717, 1.165) is 24.0 Å². The molecule has 0 unspecified atom stereocenters. The maximum absolute atomic E-state index is 12.8. The molecule has 4 N–H and O–H groups in total. The molecule has 0 aromatic heterocycles. The molecule has 1 heterocycles. The van der Waals surface area contributed by atoms with Crippen LogP contribution in [0.3, 0.4) is 0 Å². The van der Waals surface area contributed by atoms with Gasteiger partial charge in [0.1, 0.15) is 11.3 Å². The van der Waals surface area contributed by atoms with Gasteiger partial charge in [0.05, 0.1) is 6.54 Å². The Morgan fingerprint density at radius 2 is 1.81 bits per heavy atom. The molecule has 1 saturated heterocycles. The molecule has 0 radical (unpaired) electrons. The molecule has 7 heteroatoms. The minimum absolute atomic E-state index is 0.0385. The Morgan fingerprint density at radius 1 is 1.11 bits per heavy atom. The second kappa shape index (κ2) is 6.42. The van der Waals surface area contributed by atoms with Crippen LogP contribution in [0.15, 0.2) is 48.5 Å². The lowest BCUT2D eigenvalue weighted by atomic mass is 9.92. The summed E-state index contributed by atoms with van der Waals surface area (Å²) in [6, 6.07) is 13.2. The van der Waals surface area contributed by atoms with Crippen molar-refractivity contribution in [3.05, 3.63) is 54.1 Å². The molecule has 1 aliphatic heterocycles. The van der Waals surface area contributed by atoms with Gasteiger partial charge in [-0.25, -0.2) is 4.79 Å². The van der Waals surface area contributed by atoms with Crippen molar-refractivity contribution in [1.29, 1.82) is 0 Å². The van der Waals surface area contributed by atoms with E-state index in [-0.39, 0.29) is 30.0 Å². The average molecular weight is 365 g/mol. The van der Waals surface area contributed by atoms with E-state index in [2.05, 4.69) is 16.0 Å². The molecule has 1 aliphatic carbocycles. The van der Waals surface area contributed by atoms with Crippen LogP contribution in [-0.2, 0) is 4.79 Å². The summed E-state index contributed by atoms with van der Waals surface area (Å²) in [5, 5.41) is 17.2. The van der Waals surface area contributed by atoms with Crippen molar-refractivity contribution in [2.24, 2.45) is 5.92 Å². The molecule has 7 nitrogen and oxygen atoms in total. The van der Waals surface area contributed by atoms with Crippen LogP contribution >= 0.6 is 0 Å². The number of hydrogen-bond acceptors (Lipinski definition) is 4. The lowest BCUT2D eigenvalue weighted by Gasteiger charge is -2.26. The van der Waals surface area contributed by atoms with E-state index in [4.69, 9.17) is 0 Å². The summed E-state index contributed by atoms with van der Waals surface area (Å²) >= 11 is 0. The van der Waals surface area contributed by atoms with Gasteiger partial charge in [0.2, 0.25) is 0 Å². The Kier molecular flexibility index (Phi) is 4.07. The number of phenols is 1. The molecule has 0 spiro atoms. The smallest absolute Gasteiger partial charge is 0.322 e.